The Kier molecular flexibility index (Phi) is 10.4. The molecule has 1 N–H and O–H groups in total. The lowest BCUT2D eigenvalue weighted by atomic mass is 10.1. The van der Waals surface area contributed by atoms with Crippen molar-refractivity contribution in [1.29, 1.82) is 0 Å². The van der Waals surface area contributed by atoms with Gasteiger partial charge >= 0.3 is 10.2 Å². The van der Waals surface area contributed by atoms with Crippen LogP contribution >= 0.6 is 23.2 Å². The second kappa shape index (κ2) is 13.1. The SMILES string of the molecule is CC[C@H](C(=O)NC1CCCC1)N(Cc1ccc(Cl)cc1Cl)C(=O)CN(c1ccc(F)cc1)S(=O)(=O)N(C)C. The molecule has 3 rings (SSSR count). The zero-order valence-corrected chi connectivity index (χ0v) is 24.0. The molecule has 1 aliphatic rings. The van der Waals surface area contributed by atoms with Crippen LogP contribution in [0.4, 0.5) is 10.1 Å². The van der Waals surface area contributed by atoms with Crippen LogP contribution in [0.5, 0.6) is 0 Å². The first-order valence-electron chi connectivity index (χ1n) is 12.4. The number of carbonyl (C=O) groups excluding carboxylic acids is 2. The number of nitrogens with zero attached hydrogens (tertiary/aromatic N) is 3. The molecular formula is C26H33Cl2FN4O4S. The predicted molar refractivity (Wildman–Crippen MR) is 148 cm³/mol. The van der Waals surface area contributed by atoms with Gasteiger partial charge in [0.2, 0.25) is 11.8 Å². The second-order valence-electron chi connectivity index (χ2n) is 9.44. The molecule has 38 heavy (non-hydrogen) atoms. The highest BCUT2D eigenvalue weighted by Gasteiger charge is 2.35. The van der Waals surface area contributed by atoms with Gasteiger partial charge in [-0.1, -0.05) is 49.0 Å². The predicted octanol–water partition coefficient (Wildman–Crippen LogP) is 4.61. The minimum atomic E-state index is -4.14. The molecule has 0 radical (unpaired) electrons. The summed E-state index contributed by atoms with van der Waals surface area (Å²) in [6.07, 6.45) is 4.10. The fourth-order valence-electron chi connectivity index (χ4n) is 4.44. The molecule has 0 spiro atoms. The minimum Gasteiger partial charge on any atom is -0.352 e. The van der Waals surface area contributed by atoms with Crippen LogP contribution in [0.1, 0.15) is 44.6 Å². The second-order valence-corrected chi connectivity index (χ2v) is 12.4. The summed E-state index contributed by atoms with van der Waals surface area (Å²) < 4.78 is 41.9. The Bertz CT molecular complexity index is 1240. The molecule has 0 heterocycles. The van der Waals surface area contributed by atoms with Gasteiger partial charge in [-0.2, -0.15) is 12.7 Å². The molecular weight excluding hydrogens is 554 g/mol. The molecule has 8 nitrogen and oxygen atoms in total. The third-order valence-corrected chi connectivity index (χ3v) is 8.98. The van der Waals surface area contributed by atoms with Crippen LogP contribution in [0.15, 0.2) is 42.5 Å². The van der Waals surface area contributed by atoms with Crippen LogP contribution in [0.2, 0.25) is 10.0 Å². The number of hydrogen-bond acceptors (Lipinski definition) is 4. The largest absolute Gasteiger partial charge is 0.352 e. The van der Waals surface area contributed by atoms with E-state index in [9.17, 15) is 22.4 Å². The van der Waals surface area contributed by atoms with Gasteiger partial charge in [0.25, 0.3) is 0 Å². The van der Waals surface area contributed by atoms with Crippen molar-refractivity contribution in [2.75, 3.05) is 24.9 Å². The number of benzene rings is 2. The molecule has 1 aliphatic carbocycles. The maximum atomic E-state index is 13.9. The van der Waals surface area contributed by atoms with E-state index >= 15 is 0 Å². The quantitative estimate of drug-likeness (QED) is 0.416. The van der Waals surface area contributed by atoms with Crippen molar-refractivity contribution < 1.29 is 22.4 Å². The van der Waals surface area contributed by atoms with E-state index in [4.69, 9.17) is 23.2 Å². The third-order valence-electron chi connectivity index (χ3n) is 6.58. The molecule has 2 aromatic rings. The molecule has 0 unspecified atom stereocenters. The van der Waals surface area contributed by atoms with Gasteiger partial charge in [-0.25, -0.2) is 8.70 Å². The molecule has 1 saturated carbocycles. The van der Waals surface area contributed by atoms with Gasteiger partial charge < -0.3 is 10.2 Å². The highest BCUT2D eigenvalue weighted by molar-refractivity contribution is 7.90. The van der Waals surface area contributed by atoms with Crippen molar-refractivity contribution >= 4 is 50.9 Å². The zero-order valence-electron chi connectivity index (χ0n) is 21.7. The highest BCUT2D eigenvalue weighted by Crippen LogP contribution is 2.26. The van der Waals surface area contributed by atoms with E-state index in [0.29, 0.717) is 22.0 Å². The smallest absolute Gasteiger partial charge is 0.304 e. The summed E-state index contributed by atoms with van der Waals surface area (Å²) in [4.78, 5) is 28.6. The van der Waals surface area contributed by atoms with E-state index in [1.165, 1.54) is 31.1 Å². The van der Waals surface area contributed by atoms with Gasteiger partial charge in [0, 0.05) is 36.7 Å². The van der Waals surface area contributed by atoms with Crippen molar-refractivity contribution in [3.63, 3.8) is 0 Å². The number of halogens is 3. The fraction of sp³-hybridized carbons (Fsp3) is 0.462. The van der Waals surface area contributed by atoms with E-state index in [1.807, 2.05) is 0 Å². The van der Waals surface area contributed by atoms with Crippen molar-refractivity contribution in [3.8, 4) is 0 Å². The van der Waals surface area contributed by atoms with Gasteiger partial charge in [0.1, 0.15) is 18.4 Å². The van der Waals surface area contributed by atoms with Crippen molar-refractivity contribution in [2.24, 2.45) is 0 Å². The lowest BCUT2D eigenvalue weighted by Gasteiger charge is -2.34. The molecule has 12 heteroatoms. The molecule has 2 aromatic carbocycles. The Labute approximate surface area is 233 Å². The lowest BCUT2D eigenvalue weighted by molar-refractivity contribution is -0.140. The van der Waals surface area contributed by atoms with Crippen LogP contribution in [-0.2, 0) is 26.3 Å². The Morgan fingerprint density at radius 2 is 1.71 bits per heavy atom. The number of anilines is 1. The molecule has 208 valence electrons. The van der Waals surface area contributed by atoms with Crippen LogP contribution in [0.3, 0.4) is 0 Å². The van der Waals surface area contributed by atoms with Crippen molar-refractivity contribution in [3.05, 3.63) is 63.9 Å². The van der Waals surface area contributed by atoms with Crippen LogP contribution in [0.25, 0.3) is 0 Å². The first-order chi connectivity index (χ1) is 17.9. The van der Waals surface area contributed by atoms with Crippen LogP contribution < -0.4 is 9.62 Å². The Balaban J connectivity index is 1.98. The summed E-state index contributed by atoms with van der Waals surface area (Å²) in [6, 6.07) is 8.82. The number of rotatable bonds is 11. The summed E-state index contributed by atoms with van der Waals surface area (Å²) in [7, 11) is -1.46. The van der Waals surface area contributed by atoms with Gasteiger partial charge in [-0.05, 0) is 61.2 Å². The summed E-state index contributed by atoms with van der Waals surface area (Å²) in [5.41, 5.74) is 0.668. The molecule has 2 amide bonds. The average Bonchev–Trinajstić information content (AvgIpc) is 3.37. The molecule has 0 aliphatic heterocycles. The van der Waals surface area contributed by atoms with E-state index in [0.717, 1.165) is 46.4 Å². The first kappa shape index (κ1) is 30.1. The molecule has 0 saturated heterocycles. The van der Waals surface area contributed by atoms with E-state index < -0.39 is 34.5 Å². The molecule has 1 atom stereocenters. The normalized spacial score (nSPS) is 14.9. The van der Waals surface area contributed by atoms with Gasteiger partial charge in [0.15, 0.2) is 0 Å². The maximum Gasteiger partial charge on any atom is 0.304 e. The standard InChI is InChI=1S/C26H33Cl2FN4O4S/c1-4-24(26(35)30-21-7-5-6-8-21)32(16-18-9-10-19(27)15-23(18)28)25(34)17-33(38(36,37)31(2)3)22-13-11-20(29)12-14-22/h9-15,21,24H,4-8,16-17H2,1-3H3,(H,30,35)/t24-/m1/s1. The molecule has 1 fully saturated rings. The zero-order chi connectivity index (χ0) is 28.0. The summed E-state index contributed by atoms with van der Waals surface area (Å²) in [5, 5.41) is 3.78. The minimum absolute atomic E-state index is 0.0370. The summed E-state index contributed by atoms with van der Waals surface area (Å²) in [6.45, 7) is 1.15. The molecule has 0 aromatic heterocycles. The fourth-order valence-corrected chi connectivity index (χ4v) is 5.97. The maximum absolute atomic E-state index is 13.9. The van der Waals surface area contributed by atoms with Gasteiger partial charge in [-0.3, -0.25) is 9.59 Å². The third kappa shape index (κ3) is 7.37. The van der Waals surface area contributed by atoms with Gasteiger partial charge in [-0.15, -0.1) is 0 Å². The monoisotopic (exact) mass is 586 g/mol. The van der Waals surface area contributed by atoms with Gasteiger partial charge in [0.05, 0.1) is 5.69 Å². The highest BCUT2D eigenvalue weighted by atomic mass is 35.5. The number of carbonyl (C=O) groups is 2. The van der Waals surface area contributed by atoms with Crippen molar-refractivity contribution in [2.45, 2.75) is 57.7 Å². The Morgan fingerprint density at radius 3 is 2.26 bits per heavy atom. The average molecular weight is 588 g/mol. The first-order valence-corrected chi connectivity index (χ1v) is 14.6. The van der Waals surface area contributed by atoms with E-state index in [2.05, 4.69) is 5.32 Å². The molecule has 0 bridgehead atoms. The van der Waals surface area contributed by atoms with Crippen LogP contribution in [-0.4, -0.2) is 62.2 Å². The summed E-state index contributed by atoms with van der Waals surface area (Å²) in [5.74, 6) is -1.46. The van der Waals surface area contributed by atoms with E-state index in [1.54, 1.807) is 25.1 Å². The number of nitrogens with one attached hydrogen (secondary N) is 1. The van der Waals surface area contributed by atoms with Crippen LogP contribution in [0, 0.1) is 5.82 Å². The number of amides is 2. The van der Waals surface area contributed by atoms with Crippen molar-refractivity contribution in [1.82, 2.24) is 14.5 Å². The van der Waals surface area contributed by atoms with E-state index in [-0.39, 0.29) is 24.2 Å². The Morgan fingerprint density at radius 1 is 1.08 bits per heavy atom. The lowest BCUT2D eigenvalue weighted by Crippen LogP contribution is -2.54. The summed E-state index contributed by atoms with van der Waals surface area (Å²) >= 11 is 12.4. The Hall–Kier alpha value is -2.40. The topological polar surface area (TPSA) is 90.0 Å². The number of hydrogen-bond donors (Lipinski definition) is 1.